The van der Waals surface area contributed by atoms with Gasteiger partial charge in [-0.05, 0) is 37.0 Å². The molecule has 0 heterocycles. The highest BCUT2D eigenvalue weighted by Gasteiger charge is 2.39. The minimum atomic E-state index is -3.15. The van der Waals surface area contributed by atoms with Crippen LogP contribution in [-0.4, -0.2) is 20.7 Å². The van der Waals surface area contributed by atoms with Gasteiger partial charge in [-0.3, -0.25) is 0 Å². The van der Waals surface area contributed by atoms with Crippen molar-refractivity contribution in [1.29, 1.82) is 0 Å². The van der Waals surface area contributed by atoms with Crippen LogP contribution >= 0.6 is 11.6 Å². The van der Waals surface area contributed by atoms with Crippen LogP contribution in [0.15, 0.2) is 24.3 Å². The summed E-state index contributed by atoms with van der Waals surface area (Å²) in [7, 11) is -3.15. The number of nitrogens with one attached hydrogen (secondary N) is 1. The van der Waals surface area contributed by atoms with Crippen molar-refractivity contribution in [3.8, 4) is 0 Å². The van der Waals surface area contributed by atoms with Gasteiger partial charge in [0.1, 0.15) is 0 Å². The summed E-state index contributed by atoms with van der Waals surface area (Å²) in [4.78, 5) is 0. The first-order valence-corrected chi connectivity index (χ1v) is 9.24. The van der Waals surface area contributed by atoms with Crippen LogP contribution in [-0.2, 0) is 15.4 Å². The molecule has 0 spiro atoms. The summed E-state index contributed by atoms with van der Waals surface area (Å²) in [5, 5.41) is 0.715. The summed E-state index contributed by atoms with van der Waals surface area (Å²) >= 11 is 5.92. The average Bonchev–Trinajstić information content (AvgIpc) is 2.37. The first kappa shape index (κ1) is 15.8. The Balaban J connectivity index is 2.04. The highest BCUT2D eigenvalue weighted by molar-refractivity contribution is 7.89. The van der Waals surface area contributed by atoms with Gasteiger partial charge in [-0.15, -0.1) is 0 Å². The molecule has 2 rings (SSSR count). The molecular weight excluding hydrogens is 294 g/mol. The van der Waals surface area contributed by atoms with E-state index in [-0.39, 0.29) is 11.2 Å². The Labute approximate surface area is 126 Å². The van der Waals surface area contributed by atoms with Crippen LogP contribution in [0.4, 0.5) is 0 Å². The Morgan fingerprint density at radius 1 is 1.25 bits per heavy atom. The first-order valence-electron chi connectivity index (χ1n) is 7.21. The third-order valence-corrected chi connectivity index (χ3v) is 5.83. The van der Waals surface area contributed by atoms with Crippen molar-refractivity contribution in [1.82, 2.24) is 4.72 Å². The lowest BCUT2D eigenvalue weighted by Crippen LogP contribution is -2.46. The molecule has 1 aliphatic carbocycles. The van der Waals surface area contributed by atoms with Gasteiger partial charge in [-0.2, -0.15) is 0 Å². The van der Waals surface area contributed by atoms with Crippen LogP contribution in [0, 0.1) is 0 Å². The number of rotatable bonds is 7. The van der Waals surface area contributed by atoms with Crippen LogP contribution in [0.5, 0.6) is 0 Å². The van der Waals surface area contributed by atoms with E-state index in [1.54, 1.807) is 0 Å². The molecule has 0 amide bonds. The lowest BCUT2D eigenvalue weighted by molar-refractivity contribution is 0.245. The normalized spacial score (nSPS) is 17.7. The molecule has 0 aliphatic heterocycles. The zero-order chi connectivity index (χ0) is 14.6. The number of sulfonamides is 1. The smallest absolute Gasteiger partial charge is 0.211 e. The van der Waals surface area contributed by atoms with Crippen molar-refractivity contribution in [2.75, 3.05) is 12.3 Å². The van der Waals surface area contributed by atoms with Crippen molar-refractivity contribution in [3.63, 3.8) is 0 Å². The average molecular weight is 316 g/mol. The number of halogens is 1. The van der Waals surface area contributed by atoms with Crippen molar-refractivity contribution < 1.29 is 8.42 Å². The maximum absolute atomic E-state index is 11.9. The predicted octanol–water partition coefficient (Wildman–Crippen LogP) is 3.48. The fourth-order valence-electron chi connectivity index (χ4n) is 2.63. The van der Waals surface area contributed by atoms with Gasteiger partial charge in [0, 0.05) is 17.0 Å². The summed E-state index contributed by atoms with van der Waals surface area (Å²) in [6, 6.07) is 7.79. The third kappa shape index (κ3) is 3.74. The molecule has 1 aromatic carbocycles. The summed E-state index contributed by atoms with van der Waals surface area (Å²) in [6.45, 7) is 2.50. The van der Waals surface area contributed by atoms with E-state index in [4.69, 9.17) is 11.6 Å². The standard InChI is InChI=1S/C15H22ClNO2S/c1-2-3-11-20(18,19)17-12-15(9-4-10-15)13-5-7-14(16)8-6-13/h5-8,17H,2-4,9-12H2,1H3. The number of hydrogen-bond donors (Lipinski definition) is 1. The molecule has 5 heteroatoms. The van der Waals surface area contributed by atoms with E-state index in [1.165, 1.54) is 5.56 Å². The monoisotopic (exact) mass is 315 g/mol. The predicted molar refractivity (Wildman–Crippen MR) is 83.7 cm³/mol. The van der Waals surface area contributed by atoms with Crippen LogP contribution in [0.25, 0.3) is 0 Å². The SMILES string of the molecule is CCCCS(=O)(=O)NCC1(c2ccc(Cl)cc2)CCC1. The van der Waals surface area contributed by atoms with Gasteiger partial charge in [-0.25, -0.2) is 13.1 Å². The molecule has 1 N–H and O–H groups in total. The Morgan fingerprint density at radius 2 is 1.90 bits per heavy atom. The topological polar surface area (TPSA) is 46.2 Å². The van der Waals surface area contributed by atoms with E-state index in [0.717, 1.165) is 25.7 Å². The minimum absolute atomic E-state index is 0.0378. The molecule has 0 bridgehead atoms. The molecular formula is C15H22ClNO2S. The molecule has 0 saturated heterocycles. The van der Waals surface area contributed by atoms with Crippen LogP contribution in [0.2, 0.25) is 5.02 Å². The quantitative estimate of drug-likeness (QED) is 0.837. The highest BCUT2D eigenvalue weighted by Crippen LogP contribution is 2.43. The van der Waals surface area contributed by atoms with E-state index in [9.17, 15) is 8.42 Å². The Bertz CT molecular complexity index is 535. The Morgan fingerprint density at radius 3 is 2.40 bits per heavy atom. The minimum Gasteiger partial charge on any atom is -0.214 e. The van der Waals surface area contributed by atoms with Crippen LogP contribution in [0.1, 0.15) is 44.6 Å². The molecule has 20 heavy (non-hydrogen) atoms. The molecule has 0 radical (unpaired) electrons. The van der Waals surface area contributed by atoms with E-state index in [2.05, 4.69) is 4.72 Å². The molecule has 1 aromatic rings. The van der Waals surface area contributed by atoms with E-state index in [1.807, 2.05) is 31.2 Å². The summed E-state index contributed by atoms with van der Waals surface area (Å²) in [6.07, 6.45) is 4.82. The number of unbranched alkanes of at least 4 members (excludes halogenated alkanes) is 1. The van der Waals surface area contributed by atoms with E-state index in [0.29, 0.717) is 18.0 Å². The van der Waals surface area contributed by atoms with Crippen molar-refractivity contribution in [3.05, 3.63) is 34.9 Å². The molecule has 0 atom stereocenters. The molecule has 0 aromatic heterocycles. The second-order valence-corrected chi connectivity index (χ2v) is 8.00. The summed E-state index contributed by atoms with van der Waals surface area (Å²) < 4.78 is 26.6. The third-order valence-electron chi connectivity index (χ3n) is 4.16. The highest BCUT2D eigenvalue weighted by atomic mass is 35.5. The first-order chi connectivity index (χ1) is 9.47. The van der Waals surface area contributed by atoms with Gasteiger partial charge in [0.25, 0.3) is 0 Å². The van der Waals surface area contributed by atoms with Gasteiger partial charge >= 0.3 is 0 Å². The van der Waals surface area contributed by atoms with Gasteiger partial charge in [0.15, 0.2) is 0 Å². The van der Waals surface area contributed by atoms with E-state index >= 15 is 0 Å². The van der Waals surface area contributed by atoms with Gasteiger partial charge in [-0.1, -0.05) is 43.5 Å². The molecule has 1 aliphatic rings. The number of benzene rings is 1. The lowest BCUT2D eigenvalue weighted by Gasteiger charge is -2.42. The second kappa shape index (κ2) is 6.46. The van der Waals surface area contributed by atoms with Crippen molar-refractivity contribution >= 4 is 21.6 Å². The van der Waals surface area contributed by atoms with Gasteiger partial charge in [0.2, 0.25) is 10.0 Å². The summed E-state index contributed by atoms with van der Waals surface area (Å²) in [5.74, 6) is 0.222. The van der Waals surface area contributed by atoms with Crippen molar-refractivity contribution in [2.45, 2.75) is 44.4 Å². The molecule has 1 saturated carbocycles. The maximum atomic E-state index is 11.9. The zero-order valence-electron chi connectivity index (χ0n) is 11.9. The van der Waals surface area contributed by atoms with E-state index < -0.39 is 10.0 Å². The fraction of sp³-hybridized carbons (Fsp3) is 0.600. The second-order valence-electron chi connectivity index (χ2n) is 5.63. The molecule has 112 valence electrons. The van der Waals surface area contributed by atoms with Crippen LogP contribution in [0.3, 0.4) is 0 Å². The lowest BCUT2D eigenvalue weighted by atomic mass is 9.64. The zero-order valence-corrected chi connectivity index (χ0v) is 13.4. The maximum Gasteiger partial charge on any atom is 0.211 e. The van der Waals surface area contributed by atoms with Gasteiger partial charge < -0.3 is 0 Å². The summed E-state index contributed by atoms with van der Waals surface area (Å²) in [5.41, 5.74) is 1.15. The van der Waals surface area contributed by atoms with Crippen LogP contribution < -0.4 is 4.72 Å². The van der Waals surface area contributed by atoms with Gasteiger partial charge in [0.05, 0.1) is 5.75 Å². The fourth-order valence-corrected chi connectivity index (χ4v) is 4.06. The van der Waals surface area contributed by atoms with Crippen molar-refractivity contribution in [2.24, 2.45) is 0 Å². The molecule has 1 fully saturated rings. The Hall–Kier alpha value is -0.580. The molecule has 3 nitrogen and oxygen atoms in total. The number of hydrogen-bond acceptors (Lipinski definition) is 2. The molecule has 0 unspecified atom stereocenters. The Kier molecular flexibility index (Phi) is 5.10. The largest absolute Gasteiger partial charge is 0.214 e.